The molecule has 1 unspecified atom stereocenters. The SMILES string of the molecule is CCN(CC)C(CNS(=O)(=O)c1ccc2c(c1)C(=O)NC2=O)Cc1ccccc1. The Hall–Kier alpha value is -2.55. The average molecular weight is 416 g/mol. The van der Waals surface area contributed by atoms with Gasteiger partial charge in [0.2, 0.25) is 10.0 Å². The summed E-state index contributed by atoms with van der Waals surface area (Å²) in [7, 11) is -3.83. The zero-order valence-corrected chi connectivity index (χ0v) is 17.3. The number of likely N-dealkylation sites (N-methyl/N-ethyl adjacent to an activating group) is 1. The Morgan fingerprint density at radius 1 is 0.966 bits per heavy atom. The van der Waals surface area contributed by atoms with E-state index < -0.39 is 21.8 Å². The number of fused-ring (bicyclic) bond motifs is 1. The molecular weight excluding hydrogens is 390 g/mol. The maximum Gasteiger partial charge on any atom is 0.258 e. The van der Waals surface area contributed by atoms with Crippen LogP contribution in [0, 0.1) is 0 Å². The molecule has 0 fully saturated rings. The summed E-state index contributed by atoms with van der Waals surface area (Å²) in [6, 6.07) is 13.9. The molecule has 0 saturated carbocycles. The van der Waals surface area contributed by atoms with Gasteiger partial charge in [-0.1, -0.05) is 44.2 Å². The van der Waals surface area contributed by atoms with Crippen molar-refractivity contribution in [2.24, 2.45) is 0 Å². The number of hydrogen-bond donors (Lipinski definition) is 2. The molecule has 0 bridgehead atoms. The minimum atomic E-state index is -3.83. The standard InChI is InChI=1S/C21H25N3O4S/c1-3-24(4-2)16(12-15-8-6-5-7-9-15)14-22-29(27,28)17-10-11-18-19(13-17)21(26)23-20(18)25/h5-11,13,16,22H,3-4,12,14H2,1-2H3,(H,23,25,26). The van der Waals surface area contributed by atoms with Crippen LogP contribution in [0.2, 0.25) is 0 Å². The van der Waals surface area contributed by atoms with E-state index in [1.807, 2.05) is 44.2 Å². The van der Waals surface area contributed by atoms with Crippen molar-refractivity contribution in [3.05, 3.63) is 65.2 Å². The van der Waals surface area contributed by atoms with Gasteiger partial charge in [0.1, 0.15) is 0 Å². The highest BCUT2D eigenvalue weighted by molar-refractivity contribution is 7.89. The molecule has 1 aliphatic rings. The first-order chi connectivity index (χ1) is 13.9. The van der Waals surface area contributed by atoms with E-state index in [1.54, 1.807) is 0 Å². The fourth-order valence-corrected chi connectivity index (χ4v) is 4.66. The topological polar surface area (TPSA) is 95.6 Å². The number of nitrogens with one attached hydrogen (secondary N) is 2. The van der Waals surface area contributed by atoms with E-state index in [0.29, 0.717) is 6.42 Å². The van der Waals surface area contributed by atoms with Crippen LogP contribution in [0.4, 0.5) is 0 Å². The summed E-state index contributed by atoms with van der Waals surface area (Å²) in [6.45, 7) is 5.94. The Morgan fingerprint density at radius 3 is 2.28 bits per heavy atom. The minimum absolute atomic E-state index is 0.0125. The number of benzene rings is 2. The molecule has 0 aliphatic carbocycles. The van der Waals surface area contributed by atoms with E-state index in [4.69, 9.17) is 0 Å². The molecule has 3 rings (SSSR count). The number of hydrogen-bond acceptors (Lipinski definition) is 5. The van der Waals surface area contributed by atoms with Crippen LogP contribution in [-0.2, 0) is 16.4 Å². The molecule has 2 aromatic rings. The van der Waals surface area contributed by atoms with Crippen molar-refractivity contribution >= 4 is 21.8 Å². The van der Waals surface area contributed by atoms with Crippen LogP contribution < -0.4 is 10.0 Å². The molecule has 1 heterocycles. The van der Waals surface area contributed by atoms with E-state index in [0.717, 1.165) is 18.7 Å². The molecule has 7 nitrogen and oxygen atoms in total. The first-order valence-electron chi connectivity index (χ1n) is 9.63. The van der Waals surface area contributed by atoms with Crippen molar-refractivity contribution < 1.29 is 18.0 Å². The Kier molecular flexibility index (Phi) is 6.46. The van der Waals surface area contributed by atoms with Gasteiger partial charge in [0.25, 0.3) is 11.8 Å². The van der Waals surface area contributed by atoms with E-state index in [1.165, 1.54) is 18.2 Å². The van der Waals surface area contributed by atoms with Gasteiger partial charge in [-0.2, -0.15) is 0 Å². The quantitative estimate of drug-likeness (QED) is 0.609. The van der Waals surface area contributed by atoms with E-state index in [9.17, 15) is 18.0 Å². The Morgan fingerprint density at radius 2 is 1.62 bits per heavy atom. The first kappa shape index (κ1) is 21.2. The summed E-state index contributed by atoms with van der Waals surface area (Å²) in [6.07, 6.45) is 0.714. The van der Waals surface area contributed by atoms with Crippen LogP contribution in [-0.4, -0.2) is 50.8 Å². The van der Waals surface area contributed by atoms with Crippen molar-refractivity contribution in [1.29, 1.82) is 0 Å². The number of carbonyl (C=O) groups is 2. The minimum Gasteiger partial charge on any atom is -0.299 e. The second-order valence-corrected chi connectivity index (χ2v) is 8.67. The molecule has 2 aromatic carbocycles. The molecular formula is C21H25N3O4S. The van der Waals surface area contributed by atoms with Crippen LogP contribution >= 0.6 is 0 Å². The Balaban J connectivity index is 1.78. The summed E-state index contributed by atoms with van der Waals surface area (Å²) >= 11 is 0. The number of sulfonamides is 1. The number of amides is 2. The van der Waals surface area contributed by atoms with Gasteiger partial charge in [-0.25, -0.2) is 13.1 Å². The largest absolute Gasteiger partial charge is 0.299 e. The maximum atomic E-state index is 12.8. The smallest absolute Gasteiger partial charge is 0.258 e. The predicted molar refractivity (Wildman–Crippen MR) is 110 cm³/mol. The average Bonchev–Trinajstić information content (AvgIpc) is 3.01. The van der Waals surface area contributed by atoms with Crippen LogP contribution in [0.3, 0.4) is 0 Å². The first-order valence-corrected chi connectivity index (χ1v) is 11.1. The zero-order chi connectivity index (χ0) is 21.0. The molecule has 2 amide bonds. The van der Waals surface area contributed by atoms with E-state index >= 15 is 0 Å². The normalized spacial score (nSPS) is 14.7. The van der Waals surface area contributed by atoms with E-state index in [-0.39, 0.29) is 28.6 Å². The van der Waals surface area contributed by atoms with Crippen molar-refractivity contribution in [1.82, 2.24) is 14.9 Å². The summed E-state index contributed by atoms with van der Waals surface area (Å²) in [4.78, 5) is 25.7. The fraction of sp³-hybridized carbons (Fsp3) is 0.333. The third-order valence-corrected chi connectivity index (χ3v) is 6.59. The van der Waals surface area contributed by atoms with E-state index in [2.05, 4.69) is 14.9 Å². The van der Waals surface area contributed by atoms with Gasteiger partial charge < -0.3 is 0 Å². The van der Waals surface area contributed by atoms with Crippen molar-refractivity contribution in [3.63, 3.8) is 0 Å². The molecule has 1 atom stereocenters. The number of rotatable bonds is 9. The second-order valence-electron chi connectivity index (χ2n) is 6.91. The monoisotopic (exact) mass is 415 g/mol. The molecule has 154 valence electrons. The van der Waals surface area contributed by atoms with Gasteiger partial charge in [0, 0.05) is 12.6 Å². The lowest BCUT2D eigenvalue weighted by Crippen LogP contribution is -2.45. The summed E-state index contributed by atoms with van der Waals surface area (Å²) in [5.74, 6) is -1.08. The maximum absolute atomic E-state index is 12.8. The van der Waals surface area contributed by atoms with Gasteiger partial charge in [0.15, 0.2) is 0 Å². The molecule has 0 saturated heterocycles. The van der Waals surface area contributed by atoms with Gasteiger partial charge in [-0.05, 0) is 43.3 Å². The molecule has 0 aromatic heterocycles. The molecule has 0 radical (unpaired) electrons. The summed E-state index contributed by atoms with van der Waals surface area (Å²) in [5.41, 5.74) is 1.41. The Bertz CT molecular complexity index is 1000. The van der Waals surface area contributed by atoms with Crippen LogP contribution in [0.5, 0.6) is 0 Å². The molecule has 8 heteroatoms. The zero-order valence-electron chi connectivity index (χ0n) is 16.5. The third kappa shape index (κ3) is 4.72. The highest BCUT2D eigenvalue weighted by Gasteiger charge is 2.29. The second kappa shape index (κ2) is 8.86. The fourth-order valence-electron chi connectivity index (χ4n) is 3.56. The van der Waals surface area contributed by atoms with Crippen molar-refractivity contribution in [2.45, 2.75) is 31.2 Å². The van der Waals surface area contributed by atoms with Crippen LogP contribution in [0.15, 0.2) is 53.4 Å². The lowest BCUT2D eigenvalue weighted by atomic mass is 10.0. The van der Waals surface area contributed by atoms with Crippen molar-refractivity contribution in [2.75, 3.05) is 19.6 Å². The lowest BCUT2D eigenvalue weighted by molar-refractivity contribution is 0.0879. The third-order valence-electron chi connectivity index (χ3n) is 5.17. The van der Waals surface area contributed by atoms with Crippen LogP contribution in [0.1, 0.15) is 40.1 Å². The van der Waals surface area contributed by atoms with Gasteiger partial charge in [0.05, 0.1) is 16.0 Å². The number of carbonyl (C=O) groups excluding carboxylic acids is 2. The lowest BCUT2D eigenvalue weighted by Gasteiger charge is -2.30. The van der Waals surface area contributed by atoms with Crippen LogP contribution in [0.25, 0.3) is 0 Å². The van der Waals surface area contributed by atoms with Gasteiger partial charge in [-0.3, -0.25) is 19.8 Å². The highest BCUT2D eigenvalue weighted by atomic mass is 32.2. The van der Waals surface area contributed by atoms with Crippen molar-refractivity contribution in [3.8, 4) is 0 Å². The highest BCUT2D eigenvalue weighted by Crippen LogP contribution is 2.20. The molecule has 1 aliphatic heterocycles. The molecule has 2 N–H and O–H groups in total. The summed E-state index contributed by atoms with van der Waals surface area (Å²) < 4.78 is 28.3. The Labute approximate surface area is 171 Å². The van der Waals surface area contributed by atoms with Gasteiger partial charge in [-0.15, -0.1) is 0 Å². The molecule has 0 spiro atoms. The number of nitrogens with zero attached hydrogens (tertiary/aromatic N) is 1. The summed E-state index contributed by atoms with van der Waals surface area (Å²) in [5, 5.41) is 2.17. The number of imide groups is 1. The molecule has 29 heavy (non-hydrogen) atoms. The van der Waals surface area contributed by atoms with Gasteiger partial charge >= 0.3 is 0 Å². The predicted octanol–water partition coefficient (Wildman–Crippen LogP) is 1.80.